The lowest BCUT2D eigenvalue weighted by Crippen LogP contribution is -1.95. The molecular formula is C29H23. The molecule has 1 radical (unpaired) electrons. The Morgan fingerprint density at radius 1 is 0.586 bits per heavy atom. The van der Waals surface area contributed by atoms with Crippen LogP contribution in [0.5, 0.6) is 0 Å². The van der Waals surface area contributed by atoms with Gasteiger partial charge >= 0.3 is 0 Å². The Morgan fingerprint density at radius 2 is 1.24 bits per heavy atom. The smallest absolute Gasteiger partial charge is 0.0211 e. The van der Waals surface area contributed by atoms with Crippen molar-refractivity contribution in [3.63, 3.8) is 0 Å². The van der Waals surface area contributed by atoms with Crippen molar-refractivity contribution in [3.8, 4) is 22.3 Å². The second kappa shape index (κ2) is 7.56. The van der Waals surface area contributed by atoms with E-state index < -0.39 is 0 Å². The van der Waals surface area contributed by atoms with Gasteiger partial charge in [0, 0.05) is 6.42 Å². The third kappa shape index (κ3) is 3.21. The van der Waals surface area contributed by atoms with Gasteiger partial charge in [-0.15, -0.1) is 0 Å². The Kier molecular flexibility index (Phi) is 4.62. The molecule has 1 aliphatic rings. The molecule has 5 rings (SSSR count). The van der Waals surface area contributed by atoms with Crippen LogP contribution in [0.2, 0.25) is 0 Å². The summed E-state index contributed by atoms with van der Waals surface area (Å²) < 4.78 is 0. The summed E-state index contributed by atoms with van der Waals surface area (Å²) in [5.74, 6) is 0. The lowest BCUT2D eigenvalue weighted by Gasteiger charge is -2.17. The van der Waals surface area contributed by atoms with Crippen LogP contribution in [-0.2, 0) is 6.42 Å². The third-order valence-corrected chi connectivity index (χ3v) is 5.75. The molecule has 4 aromatic rings. The minimum absolute atomic E-state index is 1.02. The summed E-state index contributed by atoms with van der Waals surface area (Å²) >= 11 is 0. The van der Waals surface area contributed by atoms with Crippen LogP contribution in [0, 0.1) is 6.42 Å². The Bertz CT molecular complexity index is 1180. The number of hydrogen-bond donors (Lipinski definition) is 0. The second-order valence-corrected chi connectivity index (χ2v) is 7.48. The van der Waals surface area contributed by atoms with Gasteiger partial charge in [0.2, 0.25) is 0 Å². The van der Waals surface area contributed by atoms with Crippen LogP contribution in [-0.4, -0.2) is 0 Å². The molecule has 0 N–H and O–H groups in total. The van der Waals surface area contributed by atoms with E-state index in [0.717, 1.165) is 6.42 Å². The van der Waals surface area contributed by atoms with Crippen LogP contribution in [0.4, 0.5) is 0 Å². The molecule has 0 fully saturated rings. The molecular weight excluding hydrogens is 348 g/mol. The molecule has 0 heterocycles. The van der Waals surface area contributed by atoms with E-state index in [2.05, 4.69) is 116 Å². The van der Waals surface area contributed by atoms with Gasteiger partial charge in [-0.1, -0.05) is 104 Å². The fraction of sp³-hybridized carbons (Fsp3) is 0.0690. The highest BCUT2D eigenvalue weighted by atomic mass is 14.3. The van der Waals surface area contributed by atoms with Gasteiger partial charge in [0.25, 0.3) is 0 Å². The van der Waals surface area contributed by atoms with Crippen molar-refractivity contribution in [3.05, 3.63) is 126 Å². The predicted octanol–water partition coefficient (Wildman–Crippen LogP) is 7.69. The van der Waals surface area contributed by atoms with Gasteiger partial charge in [-0.05, 0) is 62.6 Å². The predicted molar refractivity (Wildman–Crippen MR) is 124 cm³/mol. The molecule has 1 aliphatic carbocycles. The molecule has 0 aliphatic heterocycles. The largest absolute Gasteiger partial charge is 0.0622 e. The van der Waals surface area contributed by atoms with Crippen molar-refractivity contribution >= 4 is 11.6 Å². The van der Waals surface area contributed by atoms with Crippen molar-refractivity contribution < 1.29 is 0 Å². The summed E-state index contributed by atoms with van der Waals surface area (Å²) in [6.07, 6.45) is 5.70. The van der Waals surface area contributed by atoms with E-state index in [1.807, 2.05) is 0 Å². The zero-order valence-electron chi connectivity index (χ0n) is 16.6. The standard InChI is InChI=1S/C29H23/c1-2-21-11-9-10-16-26(21)29-27(23-14-7-4-8-15-23)18-17-24-19-25(20-28(24)29)22-12-5-3-6-13-22/h3-20H,2H2,1H3. The highest BCUT2D eigenvalue weighted by Crippen LogP contribution is 2.44. The average Bonchev–Trinajstić information content (AvgIpc) is 3.24. The molecule has 0 heteroatoms. The summed E-state index contributed by atoms with van der Waals surface area (Å²) in [7, 11) is 0. The lowest BCUT2D eigenvalue weighted by molar-refractivity contribution is 1.14. The maximum Gasteiger partial charge on any atom is 0.0211 e. The molecule has 29 heavy (non-hydrogen) atoms. The Labute approximate surface area is 173 Å². The van der Waals surface area contributed by atoms with Gasteiger partial charge in [0.1, 0.15) is 0 Å². The highest BCUT2D eigenvalue weighted by molar-refractivity contribution is 6.02. The van der Waals surface area contributed by atoms with Crippen LogP contribution in [0.3, 0.4) is 0 Å². The van der Waals surface area contributed by atoms with E-state index in [1.54, 1.807) is 0 Å². The minimum Gasteiger partial charge on any atom is -0.0622 e. The van der Waals surface area contributed by atoms with Crippen LogP contribution >= 0.6 is 0 Å². The number of aryl methyl sites for hydroxylation is 1. The SMILES string of the molecule is CCc1ccccc1-c1c(-c2ccccc2)ccc2c1C=C(c1ccccc1)[CH]2. The first-order valence-electron chi connectivity index (χ1n) is 10.3. The van der Waals surface area contributed by atoms with Crippen LogP contribution in [0.1, 0.15) is 29.2 Å². The van der Waals surface area contributed by atoms with Crippen LogP contribution in [0.15, 0.2) is 97.1 Å². The fourth-order valence-electron chi connectivity index (χ4n) is 4.30. The third-order valence-electron chi connectivity index (χ3n) is 5.75. The highest BCUT2D eigenvalue weighted by Gasteiger charge is 2.22. The van der Waals surface area contributed by atoms with Gasteiger partial charge < -0.3 is 0 Å². The van der Waals surface area contributed by atoms with Crippen molar-refractivity contribution in [1.82, 2.24) is 0 Å². The molecule has 0 atom stereocenters. The molecule has 4 aromatic carbocycles. The van der Waals surface area contributed by atoms with E-state index in [9.17, 15) is 0 Å². The summed E-state index contributed by atoms with van der Waals surface area (Å²) in [6, 6.07) is 34.8. The van der Waals surface area contributed by atoms with Gasteiger partial charge in [-0.3, -0.25) is 0 Å². The summed E-state index contributed by atoms with van der Waals surface area (Å²) in [6.45, 7) is 2.24. The van der Waals surface area contributed by atoms with Crippen molar-refractivity contribution in [2.24, 2.45) is 0 Å². The molecule has 0 unspecified atom stereocenters. The van der Waals surface area contributed by atoms with E-state index in [-0.39, 0.29) is 0 Å². The van der Waals surface area contributed by atoms with E-state index in [4.69, 9.17) is 0 Å². The molecule has 0 saturated heterocycles. The zero-order chi connectivity index (χ0) is 19.6. The van der Waals surface area contributed by atoms with Crippen LogP contribution < -0.4 is 0 Å². The first-order chi connectivity index (χ1) is 14.3. The molecule has 0 aromatic heterocycles. The molecule has 0 saturated carbocycles. The second-order valence-electron chi connectivity index (χ2n) is 7.48. The van der Waals surface area contributed by atoms with E-state index in [0.29, 0.717) is 0 Å². The minimum atomic E-state index is 1.02. The average molecular weight is 372 g/mol. The molecule has 0 bridgehead atoms. The summed E-state index contributed by atoms with van der Waals surface area (Å²) in [4.78, 5) is 0. The number of allylic oxidation sites excluding steroid dienone is 1. The van der Waals surface area contributed by atoms with Gasteiger partial charge in [-0.2, -0.15) is 0 Å². The number of hydrogen-bond acceptors (Lipinski definition) is 0. The van der Waals surface area contributed by atoms with Crippen molar-refractivity contribution in [2.75, 3.05) is 0 Å². The van der Waals surface area contributed by atoms with Crippen LogP contribution in [0.25, 0.3) is 33.9 Å². The number of benzene rings is 4. The Balaban J connectivity index is 1.77. The number of rotatable bonds is 4. The fourth-order valence-corrected chi connectivity index (χ4v) is 4.30. The van der Waals surface area contributed by atoms with Gasteiger partial charge in [0.05, 0.1) is 0 Å². The Hall–Kier alpha value is -3.38. The molecule has 139 valence electrons. The quantitative estimate of drug-likeness (QED) is 0.345. The first-order valence-corrected chi connectivity index (χ1v) is 10.3. The maximum atomic E-state index is 2.36. The Morgan fingerprint density at radius 3 is 1.97 bits per heavy atom. The van der Waals surface area contributed by atoms with E-state index >= 15 is 0 Å². The molecule has 0 spiro atoms. The first kappa shape index (κ1) is 17.7. The normalized spacial score (nSPS) is 12.5. The van der Waals surface area contributed by atoms with Crippen molar-refractivity contribution in [1.29, 1.82) is 0 Å². The molecule has 0 amide bonds. The maximum absolute atomic E-state index is 2.36. The monoisotopic (exact) mass is 371 g/mol. The van der Waals surface area contributed by atoms with Crippen molar-refractivity contribution in [2.45, 2.75) is 13.3 Å². The lowest BCUT2D eigenvalue weighted by atomic mass is 9.86. The van der Waals surface area contributed by atoms with E-state index in [1.165, 1.54) is 50.1 Å². The number of fused-ring (bicyclic) bond motifs is 1. The molecule has 0 nitrogen and oxygen atoms in total. The van der Waals surface area contributed by atoms with Gasteiger partial charge in [0.15, 0.2) is 0 Å². The summed E-state index contributed by atoms with van der Waals surface area (Å²) in [5, 5.41) is 0. The summed E-state index contributed by atoms with van der Waals surface area (Å²) in [5.41, 5.74) is 11.8. The topological polar surface area (TPSA) is 0 Å². The zero-order valence-corrected chi connectivity index (χ0v) is 16.6. The van der Waals surface area contributed by atoms with Gasteiger partial charge in [-0.25, -0.2) is 0 Å².